The van der Waals surface area contributed by atoms with Gasteiger partial charge < -0.3 is 15.4 Å². The molecule has 0 saturated carbocycles. The van der Waals surface area contributed by atoms with E-state index < -0.39 is 0 Å². The second-order valence-corrected chi connectivity index (χ2v) is 4.46. The maximum Gasteiger partial charge on any atom is 0.215 e. The van der Waals surface area contributed by atoms with Crippen LogP contribution in [0.15, 0.2) is 12.1 Å². The molecule has 1 rings (SSSR count). The second-order valence-electron chi connectivity index (χ2n) is 4.46. The molecule has 0 bridgehead atoms. The number of nitrogens with zero attached hydrogens (tertiary/aromatic N) is 2. The average Bonchev–Trinajstić information content (AvgIpc) is 2.40. The van der Waals surface area contributed by atoms with Gasteiger partial charge in [-0.2, -0.15) is 4.98 Å². The van der Waals surface area contributed by atoms with E-state index in [0.717, 1.165) is 37.4 Å². The molecule has 2 N–H and O–H groups in total. The van der Waals surface area contributed by atoms with E-state index in [4.69, 9.17) is 10.5 Å². The fourth-order valence-corrected chi connectivity index (χ4v) is 1.83. The summed E-state index contributed by atoms with van der Waals surface area (Å²) in [7, 11) is 1.63. The summed E-state index contributed by atoms with van der Waals surface area (Å²) >= 11 is 0. The van der Waals surface area contributed by atoms with Gasteiger partial charge in [0.15, 0.2) is 5.82 Å². The van der Waals surface area contributed by atoms with E-state index in [1.807, 2.05) is 6.07 Å². The molecule has 0 saturated heterocycles. The van der Waals surface area contributed by atoms with E-state index in [-0.39, 0.29) is 0 Å². The number of methoxy groups -OCH3 is 1. The van der Waals surface area contributed by atoms with Gasteiger partial charge in [-0.25, -0.2) is 0 Å². The first-order valence-corrected chi connectivity index (χ1v) is 6.78. The predicted octanol–water partition coefficient (Wildman–Crippen LogP) is 3.08. The smallest absolute Gasteiger partial charge is 0.215 e. The van der Waals surface area contributed by atoms with Crippen LogP contribution in [-0.4, -0.2) is 25.2 Å². The Labute approximate surface area is 110 Å². The third-order valence-corrected chi connectivity index (χ3v) is 2.95. The molecule has 0 fully saturated rings. The fraction of sp³-hybridized carbons (Fsp3) is 0.643. The quantitative estimate of drug-likeness (QED) is 0.771. The zero-order valence-corrected chi connectivity index (χ0v) is 11.8. The molecule has 0 unspecified atom stereocenters. The Morgan fingerprint density at radius 3 is 2.28 bits per heavy atom. The summed E-state index contributed by atoms with van der Waals surface area (Å²) in [6.07, 6.45) is 4.66. The number of rotatable bonds is 8. The van der Waals surface area contributed by atoms with Gasteiger partial charge in [0.1, 0.15) is 0 Å². The number of hydrogen-bond acceptors (Lipinski definition) is 4. The Balaban J connectivity index is 2.87. The summed E-state index contributed by atoms with van der Waals surface area (Å²) in [5, 5.41) is 0. The maximum absolute atomic E-state index is 6.03. The van der Waals surface area contributed by atoms with E-state index in [1.54, 1.807) is 13.2 Å². The van der Waals surface area contributed by atoms with E-state index in [9.17, 15) is 0 Å². The van der Waals surface area contributed by atoms with Crippen molar-refractivity contribution in [3.05, 3.63) is 12.1 Å². The van der Waals surface area contributed by atoms with Gasteiger partial charge in [0.25, 0.3) is 0 Å². The molecule has 18 heavy (non-hydrogen) atoms. The van der Waals surface area contributed by atoms with Crippen molar-refractivity contribution in [3.63, 3.8) is 0 Å². The Hall–Kier alpha value is -1.45. The molecule has 0 aliphatic heterocycles. The normalized spacial score (nSPS) is 10.4. The Bertz CT molecular complexity index is 347. The minimum Gasteiger partial charge on any atom is -0.481 e. The highest BCUT2D eigenvalue weighted by Gasteiger charge is 2.12. The molecule has 1 heterocycles. The van der Waals surface area contributed by atoms with Crippen LogP contribution in [0.2, 0.25) is 0 Å². The van der Waals surface area contributed by atoms with Crippen molar-refractivity contribution in [2.45, 2.75) is 39.5 Å². The molecule has 1 aromatic rings. The summed E-state index contributed by atoms with van der Waals surface area (Å²) in [6.45, 7) is 6.39. The third kappa shape index (κ3) is 4.09. The van der Waals surface area contributed by atoms with E-state index in [0.29, 0.717) is 5.88 Å². The van der Waals surface area contributed by atoms with Gasteiger partial charge in [0, 0.05) is 19.2 Å². The van der Waals surface area contributed by atoms with Crippen molar-refractivity contribution in [2.75, 3.05) is 30.8 Å². The molecular weight excluding hydrogens is 226 g/mol. The van der Waals surface area contributed by atoms with Crippen LogP contribution >= 0.6 is 0 Å². The predicted molar refractivity (Wildman–Crippen MR) is 77.2 cm³/mol. The number of nitrogen functional groups attached to an aromatic ring is 1. The largest absolute Gasteiger partial charge is 0.481 e. The Morgan fingerprint density at radius 1 is 1.17 bits per heavy atom. The number of hydrogen-bond donors (Lipinski definition) is 1. The number of unbranched alkanes of at least 4 members (excludes halogenated alkanes) is 2. The molecule has 0 amide bonds. The lowest BCUT2D eigenvalue weighted by molar-refractivity contribution is 0.398. The third-order valence-electron chi connectivity index (χ3n) is 2.95. The minimum atomic E-state index is 0.622. The van der Waals surface area contributed by atoms with Crippen molar-refractivity contribution >= 4 is 11.5 Å². The highest BCUT2D eigenvalue weighted by molar-refractivity contribution is 5.63. The van der Waals surface area contributed by atoms with Crippen molar-refractivity contribution in [1.29, 1.82) is 0 Å². The highest BCUT2D eigenvalue weighted by atomic mass is 16.5. The van der Waals surface area contributed by atoms with E-state index >= 15 is 0 Å². The van der Waals surface area contributed by atoms with Gasteiger partial charge in [-0.3, -0.25) is 0 Å². The van der Waals surface area contributed by atoms with Crippen LogP contribution in [0.25, 0.3) is 0 Å². The van der Waals surface area contributed by atoms with Gasteiger partial charge in [0.05, 0.1) is 12.8 Å². The molecule has 0 atom stereocenters. The lowest BCUT2D eigenvalue weighted by Gasteiger charge is -2.25. The van der Waals surface area contributed by atoms with Crippen LogP contribution in [0.1, 0.15) is 39.5 Å². The van der Waals surface area contributed by atoms with Crippen LogP contribution in [0.3, 0.4) is 0 Å². The number of ether oxygens (including phenoxy) is 1. The van der Waals surface area contributed by atoms with Gasteiger partial charge in [-0.15, -0.1) is 0 Å². The van der Waals surface area contributed by atoms with Crippen molar-refractivity contribution in [2.24, 2.45) is 0 Å². The van der Waals surface area contributed by atoms with Gasteiger partial charge in [-0.1, -0.05) is 26.7 Å². The van der Waals surface area contributed by atoms with Crippen molar-refractivity contribution < 1.29 is 4.74 Å². The highest BCUT2D eigenvalue weighted by Crippen LogP contribution is 2.24. The first-order valence-electron chi connectivity index (χ1n) is 6.78. The van der Waals surface area contributed by atoms with Crippen LogP contribution in [0.5, 0.6) is 5.88 Å². The van der Waals surface area contributed by atoms with Crippen molar-refractivity contribution in [3.8, 4) is 5.88 Å². The van der Waals surface area contributed by atoms with Gasteiger partial charge in [-0.05, 0) is 18.9 Å². The monoisotopic (exact) mass is 251 g/mol. The lowest BCUT2D eigenvalue weighted by Crippen LogP contribution is -2.27. The van der Waals surface area contributed by atoms with Crippen molar-refractivity contribution in [1.82, 2.24) is 4.98 Å². The van der Waals surface area contributed by atoms with Crippen LogP contribution in [0, 0.1) is 0 Å². The molecule has 0 aliphatic rings. The lowest BCUT2D eigenvalue weighted by atomic mass is 10.2. The summed E-state index contributed by atoms with van der Waals surface area (Å²) in [5.41, 5.74) is 6.75. The summed E-state index contributed by atoms with van der Waals surface area (Å²) in [6, 6.07) is 3.67. The topological polar surface area (TPSA) is 51.4 Å². The maximum atomic E-state index is 6.03. The minimum absolute atomic E-state index is 0.622. The Kier molecular flexibility index (Phi) is 6.33. The van der Waals surface area contributed by atoms with E-state index in [1.165, 1.54) is 12.8 Å². The van der Waals surface area contributed by atoms with Gasteiger partial charge in [0.2, 0.25) is 5.88 Å². The molecule has 0 aromatic carbocycles. The summed E-state index contributed by atoms with van der Waals surface area (Å²) in [5.74, 6) is 1.48. The summed E-state index contributed by atoms with van der Waals surface area (Å²) in [4.78, 5) is 6.74. The zero-order valence-electron chi connectivity index (χ0n) is 11.8. The summed E-state index contributed by atoms with van der Waals surface area (Å²) < 4.78 is 5.18. The van der Waals surface area contributed by atoms with Crippen LogP contribution < -0.4 is 15.4 Å². The number of anilines is 2. The molecule has 0 radical (unpaired) electrons. The fourth-order valence-electron chi connectivity index (χ4n) is 1.83. The zero-order chi connectivity index (χ0) is 13.4. The van der Waals surface area contributed by atoms with Gasteiger partial charge >= 0.3 is 0 Å². The number of nitrogens with two attached hydrogens (primary N) is 1. The molecule has 4 heteroatoms. The van der Waals surface area contributed by atoms with Crippen LogP contribution in [0.4, 0.5) is 11.5 Å². The number of pyridine rings is 1. The molecule has 4 nitrogen and oxygen atoms in total. The number of aromatic nitrogens is 1. The first-order chi connectivity index (χ1) is 8.72. The average molecular weight is 251 g/mol. The molecule has 102 valence electrons. The Morgan fingerprint density at radius 2 is 1.78 bits per heavy atom. The molecule has 0 aliphatic carbocycles. The standard InChI is InChI=1S/C14H25N3O/c1-4-6-10-17(11-7-5-2)14-12(15)8-9-13(16-14)18-3/h8-9H,4-7,10-11,15H2,1-3H3. The van der Waals surface area contributed by atoms with E-state index in [2.05, 4.69) is 23.7 Å². The molecule has 0 spiro atoms. The molecule has 1 aromatic heterocycles. The van der Waals surface area contributed by atoms with Crippen LogP contribution in [-0.2, 0) is 0 Å². The second kappa shape index (κ2) is 7.80. The SMILES string of the molecule is CCCCN(CCCC)c1nc(OC)ccc1N. The first kappa shape index (κ1) is 14.6. The molecular formula is C14H25N3O.